The summed E-state index contributed by atoms with van der Waals surface area (Å²) in [7, 11) is 1.73. The zero-order chi connectivity index (χ0) is 11.8. The molecule has 1 amide bonds. The Bertz CT molecular complexity index is 434. The van der Waals surface area contributed by atoms with Crippen LogP contribution < -0.4 is 5.32 Å². The van der Waals surface area contributed by atoms with Gasteiger partial charge in [-0.15, -0.1) is 0 Å². The van der Waals surface area contributed by atoms with E-state index in [2.05, 4.69) is 10.4 Å². The van der Waals surface area contributed by atoms with Gasteiger partial charge >= 0.3 is 5.97 Å². The highest BCUT2D eigenvalue weighted by Crippen LogP contribution is 2.42. The number of carboxylic acid groups (broad SMARTS) is 1. The number of carbonyl (C=O) groups excluding carboxylic acids is 1. The third kappa shape index (κ3) is 1.56. The predicted molar refractivity (Wildman–Crippen MR) is 55.8 cm³/mol. The molecule has 0 aliphatic heterocycles. The van der Waals surface area contributed by atoms with Crippen LogP contribution in [0.2, 0.25) is 0 Å². The van der Waals surface area contributed by atoms with E-state index in [0.29, 0.717) is 18.5 Å². The van der Waals surface area contributed by atoms with Crippen molar-refractivity contribution < 1.29 is 14.7 Å². The zero-order valence-electron chi connectivity index (χ0n) is 8.93. The van der Waals surface area contributed by atoms with Crippen molar-refractivity contribution in [2.24, 2.45) is 12.5 Å². The highest BCUT2D eigenvalue weighted by Gasteiger charge is 2.51. The summed E-state index contributed by atoms with van der Waals surface area (Å²) in [6, 6.07) is 0. The molecule has 0 saturated heterocycles. The lowest BCUT2D eigenvalue weighted by Crippen LogP contribution is -2.48. The van der Waals surface area contributed by atoms with Crippen LogP contribution in [0.15, 0.2) is 12.4 Å². The lowest BCUT2D eigenvalue weighted by atomic mass is 9.68. The predicted octanol–water partition coefficient (Wildman–Crippen LogP) is 0.613. The highest BCUT2D eigenvalue weighted by molar-refractivity contribution is 6.09. The molecule has 1 fully saturated rings. The third-order valence-corrected chi connectivity index (χ3v) is 3.01. The van der Waals surface area contributed by atoms with Gasteiger partial charge in [-0.05, 0) is 12.8 Å². The van der Waals surface area contributed by atoms with E-state index in [-0.39, 0.29) is 0 Å². The lowest BCUT2D eigenvalue weighted by Gasteiger charge is -2.35. The van der Waals surface area contributed by atoms with Gasteiger partial charge in [0.1, 0.15) is 5.41 Å². The fraction of sp³-hybridized carbons (Fsp3) is 0.500. The average molecular weight is 223 g/mol. The maximum Gasteiger partial charge on any atom is 0.319 e. The van der Waals surface area contributed by atoms with Gasteiger partial charge < -0.3 is 10.4 Å². The van der Waals surface area contributed by atoms with Gasteiger partial charge in [0.25, 0.3) is 0 Å². The van der Waals surface area contributed by atoms with Crippen LogP contribution in [-0.4, -0.2) is 26.8 Å². The molecular weight excluding hydrogens is 210 g/mol. The van der Waals surface area contributed by atoms with Crippen molar-refractivity contribution >= 4 is 17.6 Å². The molecule has 1 aliphatic carbocycles. The molecule has 1 aromatic rings. The number of carbonyl (C=O) groups is 2. The van der Waals surface area contributed by atoms with E-state index in [1.54, 1.807) is 17.9 Å². The molecule has 16 heavy (non-hydrogen) atoms. The van der Waals surface area contributed by atoms with E-state index in [0.717, 1.165) is 6.42 Å². The van der Waals surface area contributed by atoms with Gasteiger partial charge in [0, 0.05) is 13.2 Å². The number of carboxylic acids is 1. The molecule has 0 spiro atoms. The number of anilines is 1. The van der Waals surface area contributed by atoms with E-state index >= 15 is 0 Å². The van der Waals surface area contributed by atoms with E-state index in [9.17, 15) is 9.59 Å². The molecule has 6 nitrogen and oxygen atoms in total. The summed E-state index contributed by atoms with van der Waals surface area (Å²) in [5.41, 5.74) is -0.699. The van der Waals surface area contributed by atoms with Crippen molar-refractivity contribution in [1.82, 2.24) is 9.78 Å². The SMILES string of the molecule is Cn1cc(NC(=O)C2(C(=O)O)CCC2)cn1. The van der Waals surface area contributed by atoms with Crippen LogP contribution in [0.3, 0.4) is 0 Å². The standard InChI is InChI=1S/C10H13N3O3/c1-13-6-7(5-11-13)12-8(14)10(9(15)16)3-2-4-10/h5-6H,2-4H2,1H3,(H,12,14)(H,15,16). The fourth-order valence-corrected chi connectivity index (χ4v) is 1.80. The van der Waals surface area contributed by atoms with Crippen molar-refractivity contribution in [1.29, 1.82) is 0 Å². The minimum absolute atomic E-state index is 0.411. The van der Waals surface area contributed by atoms with Crippen molar-refractivity contribution in [3.05, 3.63) is 12.4 Å². The maximum atomic E-state index is 11.8. The van der Waals surface area contributed by atoms with Crippen LogP contribution in [0.25, 0.3) is 0 Å². The smallest absolute Gasteiger partial charge is 0.319 e. The van der Waals surface area contributed by atoms with Crippen molar-refractivity contribution in [2.75, 3.05) is 5.32 Å². The van der Waals surface area contributed by atoms with E-state index in [1.165, 1.54) is 6.20 Å². The first kappa shape index (κ1) is 10.7. The number of hydrogen-bond donors (Lipinski definition) is 2. The maximum absolute atomic E-state index is 11.8. The second kappa shape index (κ2) is 3.62. The van der Waals surface area contributed by atoms with Crippen LogP contribution in [0.4, 0.5) is 5.69 Å². The Balaban J connectivity index is 2.10. The number of aliphatic carboxylic acids is 1. The minimum atomic E-state index is -1.23. The van der Waals surface area contributed by atoms with E-state index in [4.69, 9.17) is 5.11 Å². The van der Waals surface area contributed by atoms with Crippen LogP contribution >= 0.6 is 0 Å². The molecular formula is C10H13N3O3. The van der Waals surface area contributed by atoms with Gasteiger partial charge in [0.15, 0.2) is 0 Å². The fourth-order valence-electron chi connectivity index (χ4n) is 1.80. The summed E-state index contributed by atoms with van der Waals surface area (Å²) in [4.78, 5) is 22.9. The summed E-state index contributed by atoms with van der Waals surface area (Å²) < 4.78 is 1.55. The Morgan fingerprint density at radius 1 is 1.56 bits per heavy atom. The Morgan fingerprint density at radius 2 is 2.25 bits per heavy atom. The zero-order valence-corrected chi connectivity index (χ0v) is 8.93. The number of nitrogens with one attached hydrogen (secondary N) is 1. The van der Waals surface area contributed by atoms with E-state index in [1.807, 2.05) is 0 Å². The number of rotatable bonds is 3. The molecule has 86 valence electrons. The molecule has 0 bridgehead atoms. The van der Waals surface area contributed by atoms with Crippen molar-refractivity contribution in [3.8, 4) is 0 Å². The number of amides is 1. The largest absolute Gasteiger partial charge is 0.480 e. The first-order chi connectivity index (χ1) is 7.54. The lowest BCUT2D eigenvalue weighted by molar-refractivity contribution is -0.159. The molecule has 2 rings (SSSR count). The summed E-state index contributed by atoms with van der Waals surface area (Å²) in [6.45, 7) is 0. The Kier molecular flexibility index (Phi) is 2.41. The van der Waals surface area contributed by atoms with Crippen molar-refractivity contribution in [2.45, 2.75) is 19.3 Å². The van der Waals surface area contributed by atoms with Gasteiger partial charge in [0.05, 0.1) is 11.9 Å². The highest BCUT2D eigenvalue weighted by atomic mass is 16.4. The summed E-state index contributed by atoms with van der Waals surface area (Å²) in [5.74, 6) is -1.49. The van der Waals surface area contributed by atoms with Gasteiger partial charge in [-0.2, -0.15) is 5.10 Å². The molecule has 1 heterocycles. The Hall–Kier alpha value is -1.85. The molecule has 0 radical (unpaired) electrons. The summed E-state index contributed by atoms with van der Waals surface area (Å²) >= 11 is 0. The van der Waals surface area contributed by atoms with Gasteiger partial charge in [-0.3, -0.25) is 14.3 Å². The molecule has 1 saturated carbocycles. The van der Waals surface area contributed by atoms with Crippen LogP contribution in [0, 0.1) is 5.41 Å². The normalized spacial score (nSPS) is 17.6. The Morgan fingerprint density at radius 3 is 2.62 bits per heavy atom. The summed E-state index contributed by atoms with van der Waals surface area (Å²) in [6.07, 6.45) is 4.73. The van der Waals surface area contributed by atoms with Gasteiger partial charge in [-0.25, -0.2) is 0 Å². The van der Waals surface area contributed by atoms with E-state index < -0.39 is 17.3 Å². The molecule has 0 atom stereocenters. The first-order valence-corrected chi connectivity index (χ1v) is 5.08. The van der Waals surface area contributed by atoms with Gasteiger partial charge in [-0.1, -0.05) is 6.42 Å². The molecule has 2 N–H and O–H groups in total. The van der Waals surface area contributed by atoms with Crippen molar-refractivity contribution in [3.63, 3.8) is 0 Å². The molecule has 1 aromatic heterocycles. The molecule has 6 heteroatoms. The molecule has 0 aromatic carbocycles. The van der Waals surface area contributed by atoms with Crippen LogP contribution in [-0.2, 0) is 16.6 Å². The summed E-state index contributed by atoms with van der Waals surface area (Å²) in [5, 5.41) is 15.5. The number of aromatic nitrogens is 2. The minimum Gasteiger partial charge on any atom is -0.480 e. The Labute approximate surface area is 92.3 Å². The molecule has 0 unspecified atom stereocenters. The third-order valence-electron chi connectivity index (χ3n) is 3.01. The number of aryl methyl sites for hydroxylation is 1. The van der Waals surface area contributed by atoms with Gasteiger partial charge in [0.2, 0.25) is 5.91 Å². The topological polar surface area (TPSA) is 84.2 Å². The number of hydrogen-bond acceptors (Lipinski definition) is 3. The average Bonchev–Trinajstić information content (AvgIpc) is 2.47. The second-order valence-corrected chi connectivity index (χ2v) is 4.10. The number of nitrogens with zero attached hydrogens (tertiary/aromatic N) is 2. The van der Waals surface area contributed by atoms with Crippen LogP contribution in [0.5, 0.6) is 0 Å². The first-order valence-electron chi connectivity index (χ1n) is 5.08. The molecule has 1 aliphatic rings. The van der Waals surface area contributed by atoms with Crippen LogP contribution in [0.1, 0.15) is 19.3 Å². The quantitative estimate of drug-likeness (QED) is 0.735. The monoisotopic (exact) mass is 223 g/mol. The second-order valence-electron chi connectivity index (χ2n) is 4.10.